The van der Waals surface area contributed by atoms with E-state index < -0.39 is 5.91 Å². The third-order valence-corrected chi connectivity index (χ3v) is 6.26. The number of hydrogen-bond donors (Lipinski definition) is 1. The van der Waals surface area contributed by atoms with E-state index in [0.717, 1.165) is 16.9 Å². The van der Waals surface area contributed by atoms with Gasteiger partial charge in [-0.25, -0.2) is 4.98 Å². The molecule has 8 nitrogen and oxygen atoms in total. The molecule has 4 aromatic rings. The molecule has 4 rings (SSSR count). The number of anilines is 1. The quantitative estimate of drug-likeness (QED) is 0.416. The molecular formula is C23H20ClN3O5S. The van der Waals surface area contributed by atoms with E-state index in [9.17, 15) is 9.59 Å². The molecule has 0 aliphatic heterocycles. The number of hydrogen-bond acceptors (Lipinski definition) is 7. The Morgan fingerprint density at radius 2 is 1.82 bits per heavy atom. The van der Waals surface area contributed by atoms with E-state index in [4.69, 9.17) is 25.8 Å². The van der Waals surface area contributed by atoms with E-state index in [1.807, 2.05) is 29.6 Å². The molecule has 0 saturated heterocycles. The van der Waals surface area contributed by atoms with E-state index in [1.54, 1.807) is 13.2 Å². The molecular weight excluding hydrogens is 466 g/mol. The van der Waals surface area contributed by atoms with Crippen LogP contribution in [0.3, 0.4) is 0 Å². The number of halogens is 1. The maximum Gasteiger partial charge on any atom is 0.271 e. The largest absolute Gasteiger partial charge is 0.497 e. The Balaban J connectivity index is 1.58. The Hall–Kier alpha value is -3.56. The van der Waals surface area contributed by atoms with Gasteiger partial charge < -0.3 is 19.5 Å². The lowest BCUT2D eigenvalue weighted by Crippen LogP contribution is -2.27. The lowest BCUT2D eigenvalue weighted by molar-refractivity contribution is -0.116. The maximum atomic E-state index is 13.0. The molecule has 0 aliphatic carbocycles. The molecule has 0 fully saturated rings. The lowest BCUT2D eigenvalue weighted by atomic mass is 10.1. The molecule has 170 valence electrons. The first-order valence-electron chi connectivity index (χ1n) is 9.77. The van der Waals surface area contributed by atoms with Gasteiger partial charge in [-0.15, -0.1) is 11.3 Å². The van der Waals surface area contributed by atoms with E-state index in [0.29, 0.717) is 32.4 Å². The normalized spacial score (nSPS) is 10.8. The molecule has 0 unspecified atom stereocenters. The summed E-state index contributed by atoms with van der Waals surface area (Å²) in [7, 11) is 4.56. The highest BCUT2D eigenvalue weighted by atomic mass is 35.5. The van der Waals surface area contributed by atoms with Crippen molar-refractivity contribution in [3.8, 4) is 28.4 Å². The molecule has 2 aromatic heterocycles. The van der Waals surface area contributed by atoms with E-state index in [2.05, 4.69) is 10.3 Å². The van der Waals surface area contributed by atoms with Crippen molar-refractivity contribution in [2.75, 3.05) is 26.6 Å². The summed E-state index contributed by atoms with van der Waals surface area (Å²) in [5.74, 6) is 1.12. The Bertz CT molecular complexity index is 1380. The number of aromatic nitrogens is 2. The van der Waals surface area contributed by atoms with Crippen LogP contribution in [0.5, 0.6) is 17.2 Å². The molecule has 0 radical (unpaired) electrons. The highest BCUT2D eigenvalue weighted by molar-refractivity contribution is 7.17. The summed E-state index contributed by atoms with van der Waals surface area (Å²) >= 11 is 7.45. The first kappa shape index (κ1) is 22.6. The van der Waals surface area contributed by atoms with E-state index in [-0.39, 0.29) is 12.1 Å². The molecule has 1 amide bonds. The maximum absolute atomic E-state index is 13.0. The number of carbonyl (C=O) groups is 1. The van der Waals surface area contributed by atoms with Crippen molar-refractivity contribution in [1.82, 2.24) is 9.55 Å². The van der Waals surface area contributed by atoms with Crippen LogP contribution < -0.4 is 25.1 Å². The van der Waals surface area contributed by atoms with Crippen molar-refractivity contribution in [3.63, 3.8) is 0 Å². The minimum absolute atomic E-state index is 0.218. The van der Waals surface area contributed by atoms with Crippen LogP contribution in [0.4, 0.5) is 5.69 Å². The first-order valence-corrected chi connectivity index (χ1v) is 11.0. The van der Waals surface area contributed by atoms with Gasteiger partial charge in [-0.2, -0.15) is 0 Å². The van der Waals surface area contributed by atoms with Crippen LogP contribution in [-0.2, 0) is 11.3 Å². The first-order chi connectivity index (χ1) is 15.9. The summed E-state index contributed by atoms with van der Waals surface area (Å²) in [6.07, 6.45) is 1.38. The lowest BCUT2D eigenvalue weighted by Gasteiger charge is -2.13. The van der Waals surface area contributed by atoms with Crippen molar-refractivity contribution < 1.29 is 19.0 Å². The van der Waals surface area contributed by atoms with Gasteiger partial charge in [-0.1, -0.05) is 23.7 Å². The van der Waals surface area contributed by atoms with Gasteiger partial charge >= 0.3 is 0 Å². The Morgan fingerprint density at radius 1 is 1.09 bits per heavy atom. The monoisotopic (exact) mass is 485 g/mol. The van der Waals surface area contributed by atoms with Crippen molar-refractivity contribution in [1.29, 1.82) is 0 Å². The van der Waals surface area contributed by atoms with Gasteiger partial charge in [-0.3, -0.25) is 14.2 Å². The predicted octanol–water partition coefficient (Wildman–Crippen LogP) is 4.44. The van der Waals surface area contributed by atoms with Crippen LogP contribution in [0, 0.1) is 0 Å². The van der Waals surface area contributed by atoms with Gasteiger partial charge in [0.25, 0.3) is 5.56 Å². The van der Waals surface area contributed by atoms with Crippen LogP contribution in [0.25, 0.3) is 21.3 Å². The summed E-state index contributed by atoms with van der Waals surface area (Å²) < 4.78 is 17.4. The highest BCUT2D eigenvalue weighted by Crippen LogP contribution is 2.36. The van der Waals surface area contributed by atoms with Gasteiger partial charge in [0.2, 0.25) is 5.91 Å². The van der Waals surface area contributed by atoms with Gasteiger partial charge in [0.1, 0.15) is 28.5 Å². The topological polar surface area (TPSA) is 91.7 Å². The molecule has 33 heavy (non-hydrogen) atoms. The van der Waals surface area contributed by atoms with Crippen molar-refractivity contribution >= 4 is 44.7 Å². The smallest absolute Gasteiger partial charge is 0.271 e. The number of nitrogens with one attached hydrogen (secondary N) is 1. The number of rotatable bonds is 7. The fourth-order valence-electron chi connectivity index (χ4n) is 3.33. The van der Waals surface area contributed by atoms with Crippen LogP contribution >= 0.6 is 22.9 Å². The average molecular weight is 486 g/mol. The fourth-order valence-corrected chi connectivity index (χ4v) is 4.55. The minimum atomic E-state index is -0.426. The number of fused-ring (bicyclic) bond motifs is 1. The van der Waals surface area contributed by atoms with Crippen LogP contribution in [0.1, 0.15) is 0 Å². The molecule has 0 aliphatic rings. The second-order valence-corrected chi connectivity index (χ2v) is 8.26. The standard InChI is InChI=1S/C23H20ClN3O5S/c1-30-14-6-4-13(5-7-14)15-11-33-22-21(15)25-12-27(23(22)29)10-20(28)26-17-8-16(24)18(31-2)9-19(17)32-3/h4-9,11-12H,10H2,1-3H3,(H,26,28). The summed E-state index contributed by atoms with van der Waals surface area (Å²) in [4.78, 5) is 30.1. The highest BCUT2D eigenvalue weighted by Gasteiger charge is 2.16. The molecule has 0 spiro atoms. The van der Waals surface area contributed by atoms with Crippen LogP contribution in [0.15, 0.2) is 52.9 Å². The van der Waals surface area contributed by atoms with Crippen LogP contribution in [-0.4, -0.2) is 36.8 Å². The zero-order chi connectivity index (χ0) is 23.5. The summed E-state index contributed by atoms with van der Waals surface area (Å²) in [6, 6.07) is 10.6. The number of thiophene rings is 1. The van der Waals surface area contributed by atoms with Crippen molar-refractivity contribution in [2.24, 2.45) is 0 Å². The van der Waals surface area contributed by atoms with Gasteiger partial charge in [0.15, 0.2) is 0 Å². The number of methoxy groups -OCH3 is 3. The number of amides is 1. The molecule has 2 heterocycles. The molecule has 0 bridgehead atoms. The number of nitrogens with zero attached hydrogens (tertiary/aromatic N) is 2. The minimum Gasteiger partial charge on any atom is -0.497 e. The fraction of sp³-hybridized carbons (Fsp3) is 0.174. The number of ether oxygens (including phenoxy) is 3. The molecule has 2 aromatic carbocycles. The summed E-state index contributed by atoms with van der Waals surface area (Å²) in [5, 5.41) is 4.92. The number of benzene rings is 2. The predicted molar refractivity (Wildman–Crippen MR) is 129 cm³/mol. The van der Waals surface area contributed by atoms with E-state index >= 15 is 0 Å². The summed E-state index contributed by atoms with van der Waals surface area (Å²) in [5.41, 5.74) is 2.44. The number of carbonyl (C=O) groups excluding carboxylic acids is 1. The average Bonchev–Trinajstić information content (AvgIpc) is 3.26. The SMILES string of the molecule is COc1ccc(-c2csc3c(=O)n(CC(=O)Nc4cc(Cl)c(OC)cc4OC)cnc23)cc1. The van der Waals surface area contributed by atoms with Crippen molar-refractivity contribution in [3.05, 3.63) is 63.5 Å². The van der Waals surface area contributed by atoms with Gasteiger partial charge in [0, 0.05) is 17.0 Å². The van der Waals surface area contributed by atoms with E-state index in [1.165, 1.54) is 42.5 Å². The molecule has 10 heteroatoms. The zero-order valence-electron chi connectivity index (χ0n) is 18.0. The van der Waals surface area contributed by atoms with Crippen LogP contribution in [0.2, 0.25) is 5.02 Å². The van der Waals surface area contributed by atoms with Crippen molar-refractivity contribution in [2.45, 2.75) is 6.54 Å². The summed E-state index contributed by atoms with van der Waals surface area (Å²) in [6.45, 7) is -0.218. The third-order valence-electron chi connectivity index (χ3n) is 5.01. The molecule has 1 N–H and O–H groups in total. The van der Waals surface area contributed by atoms with Gasteiger partial charge in [-0.05, 0) is 23.8 Å². The molecule has 0 atom stereocenters. The Morgan fingerprint density at radius 3 is 2.48 bits per heavy atom. The Kier molecular flexibility index (Phi) is 6.52. The van der Waals surface area contributed by atoms with Gasteiger partial charge in [0.05, 0.1) is 43.9 Å². The Labute approximate surface area is 198 Å². The third kappa shape index (κ3) is 4.50. The zero-order valence-corrected chi connectivity index (χ0v) is 19.6. The second-order valence-electron chi connectivity index (χ2n) is 6.97. The molecule has 0 saturated carbocycles. The second kappa shape index (κ2) is 9.51.